The number of aryl methyl sites for hydroxylation is 1. The van der Waals surface area contributed by atoms with Crippen LogP contribution < -0.4 is 5.73 Å². The summed E-state index contributed by atoms with van der Waals surface area (Å²) in [5.74, 6) is 0.273. The van der Waals surface area contributed by atoms with Crippen molar-refractivity contribution in [3.8, 4) is 6.07 Å². The number of nitrogens with two attached hydrogens (primary N) is 1. The van der Waals surface area contributed by atoms with Crippen molar-refractivity contribution in [3.63, 3.8) is 0 Å². The van der Waals surface area contributed by atoms with Crippen LogP contribution in [0.4, 0.5) is 5.95 Å². The molecule has 7 heteroatoms. The molecule has 0 saturated heterocycles. The Kier molecular flexibility index (Phi) is 3.74. The van der Waals surface area contributed by atoms with E-state index in [-0.39, 0.29) is 5.95 Å². The highest BCUT2D eigenvalue weighted by Crippen LogP contribution is 2.25. The first-order valence-corrected chi connectivity index (χ1v) is 6.02. The van der Waals surface area contributed by atoms with E-state index in [4.69, 9.17) is 34.2 Å². The smallest absolute Gasteiger partial charge is 0.221 e. The number of imidazole rings is 1. The van der Waals surface area contributed by atoms with E-state index in [1.54, 1.807) is 6.20 Å². The number of anilines is 1. The average molecular weight is 294 g/mol. The summed E-state index contributed by atoms with van der Waals surface area (Å²) >= 11 is 12.1. The van der Waals surface area contributed by atoms with Gasteiger partial charge in [0.25, 0.3) is 0 Å². The Bertz CT molecular complexity index is 674. The fourth-order valence-electron chi connectivity index (χ4n) is 1.49. The second kappa shape index (κ2) is 5.31. The lowest BCUT2D eigenvalue weighted by Gasteiger charge is -2.02. The lowest BCUT2D eigenvalue weighted by Crippen LogP contribution is -1.97. The Morgan fingerprint density at radius 1 is 1.42 bits per heavy atom. The van der Waals surface area contributed by atoms with E-state index in [0.29, 0.717) is 21.2 Å². The summed E-state index contributed by atoms with van der Waals surface area (Å²) in [6, 6.07) is 5.02. The summed E-state index contributed by atoms with van der Waals surface area (Å²) in [6.45, 7) is 1.81. The molecule has 2 rings (SSSR count). The van der Waals surface area contributed by atoms with Crippen LogP contribution in [0.25, 0.3) is 0 Å². The van der Waals surface area contributed by atoms with Crippen molar-refractivity contribution in [1.29, 1.82) is 5.26 Å². The number of halogens is 2. The van der Waals surface area contributed by atoms with Crippen LogP contribution in [-0.4, -0.2) is 15.9 Å². The molecule has 0 unspecified atom stereocenters. The Morgan fingerprint density at radius 2 is 2.05 bits per heavy atom. The van der Waals surface area contributed by atoms with Crippen LogP contribution in [0.5, 0.6) is 0 Å². The highest BCUT2D eigenvalue weighted by molar-refractivity contribution is 6.38. The Hall–Kier alpha value is -2.03. The van der Waals surface area contributed by atoms with Crippen LogP contribution in [0.1, 0.15) is 16.8 Å². The lowest BCUT2D eigenvalue weighted by molar-refractivity contribution is 0.897. The fraction of sp³-hybridized carbons (Fsp3) is 0.0833. The summed E-state index contributed by atoms with van der Waals surface area (Å²) in [5.41, 5.74) is 7.33. The van der Waals surface area contributed by atoms with Crippen molar-refractivity contribution in [3.05, 3.63) is 45.2 Å². The maximum atomic E-state index is 8.79. The molecule has 96 valence electrons. The van der Waals surface area contributed by atoms with Gasteiger partial charge in [0.05, 0.1) is 39.8 Å². The number of hydrogen-bond acceptors (Lipinski definition) is 4. The maximum absolute atomic E-state index is 8.79. The number of rotatable bonds is 2. The number of nitriles is 1. The summed E-state index contributed by atoms with van der Waals surface area (Å²) < 4.78 is 1.42. The van der Waals surface area contributed by atoms with E-state index in [9.17, 15) is 0 Å². The molecule has 2 aromatic rings. The molecule has 2 N–H and O–H groups in total. The molecule has 1 heterocycles. The summed E-state index contributed by atoms with van der Waals surface area (Å²) in [5, 5.41) is 13.6. The zero-order chi connectivity index (χ0) is 14.0. The number of hydrogen-bond donors (Lipinski definition) is 1. The number of benzene rings is 1. The highest BCUT2D eigenvalue weighted by atomic mass is 35.5. The molecule has 0 spiro atoms. The molecule has 0 aliphatic carbocycles. The third-order valence-electron chi connectivity index (χ3n) is 2.35. The molecule has 0 aliphatic heterocycles. The molecular weight excluding hydrogens is 285 g/mol. The largest absolute Gasteiger partial charge is 0.368 e. The van der Waals surface area contributed by atoms with E-state index in [2.05, 4.69) is 10.1 Å². The van der Waals surface area contributed by atoms with Crippen molar-refractivity contribution in [2.45, 2.75) is 6.92 Å². The van der Waals surface area contributed by atoms with Crippen LogP contribution >= 0.6 is 23.2 Å². The first kappa shape index (κ1) is 13.4. The summed E-state index contributed by atoms with van der Waals surface area (Å²) in [4.78, 5) is 4.01. The molecule has 0 atom stereocenters. The molecule has 0 aliphatic rings. The second-order valence-corrected chi connectivity index (χ2v) is 4.61. The molecule has 0 amide bonds. The second-order valence-electron chi connectivity index (χ2n) is 3.79. The summed E-state index contributed by atoms with van der Waals surface area (Å²) in [6.07, 6.45) is 3.15. The van der Waals surface area contributed by atoms with Gasteiger partial charge in [-0.15, -0.1) is 0 Å². The predicted molar refractivity (Wildman–Crippen MR) is 75.5 cm³/mol. The van der Waals surface area contributed by atoms with Crippen LogP contribution in [0.15, 0.2) is 23.4 Å². The normalized spacial score (nSPS) is 10.8. The number of nitrogens with zero attached hydrogens (tertiary/aromatic N) is 4. The zero-order valence-corrected chi connectivity index (χ0v) is 11.4. The quantitative estimate of drug-likeness (QED) is 0.865. The molecule has 0 bridgehead atoms. The van der Waals surface area contributed by atoms with E-state index in [1.807, 2.05) is 13.0 Å². The van der Waals surface area contributed by atoms with Crippen LogP contribution in [0, 0.1) is 18.3 Å². The van der Waals surface area contributed by atoms with Gasteiger partial charge >= 0.3 is 0 Å². The average Bonchev–Trinajstić information content (AvgIpc) is 2.66. The van der Waals surface area contributed by atoms with Gasteiger partial charge in [0.2, 0.25) is 5.95 Å². The highest BCUT2D eigenvalue weighted by Gasteiger charge is 2.07. The molecular formula is C12H9Cl2N5. The Labute approximate surface area is 119 Å². The van der Waals surface area contributed by atoms with Crippen molar-refractivity contribution in [2.24, 2.45) is 5.10 Å². The minimum Gasteiger partial charge on any atom is -0.368 e. The molecule has 0 radical (unpaired) electrons. The van der Waals surface area contributed by atoms with Gasteiger partial charge in [-0.3, -0.25) is 0 Å². The van der Waals surface area contributed by atoms with E-state index >= 15 is 0 Å². The third kappa shape index (κ3) is 2.87. The van der Waals surface area contributed by atoms with Crippen molar-refractivity contribution < 1.29 is 0 Å². The minimum absolute atomic E-state index is 0.273. The topological polar surface area (TPSA) is 80.0 Å². The maximum Gasteiger partial charge on any atom is 0.221 e. The molecule has 0 saturated carbocycles. The van der Waals surface area contributed by atoms with Gasteiger partial charge < -0.3 is 5.73 Å². The molecule has 19 heavy (non-hydrogen) atoms. The van der Waals surface area contributed by atoms with Crippen LogP contribution in [0.2, 0.25) is 10.0 Å². The third-order valence-corrected chi connectivity index (χ3v) is 2.98. The van der Waals surface area contributed by atoms with Gasteiger partial charge in [-0.2, -0.15) is 10.4 Å². The molecule has 5 nitrogen and oxygen atoms in total. The minimum atomic E-state index is 0.273. The molecule has 1 aromatic carbocycles. The van der Waals surface area contributed by atoms with Gasteiger partial charge in [-0.05, 0) is 19.1 Å². The monoisotopic (exact) mass is 293 g/mol. The SMILES string of the molecule is Cc1cn(N=Cc2c(Cl)cc(C#N)cc2Cl)c(N)n1. The van der Waals surface area contributed by atoms with Gasteiger partial charge in [0.1, 0.15) is 0 Å². The van der Waals surface area contributed by atoms with Gasteiger partial charge in [0, 0.05) is 5.56 Å². The Morgan fingerprint density at radius 3 is 2.53 bits per heavy atom. The van der Waals surface area contributed by atoms with E-state index in [1.165, 1.54) is 23.0 Å². The summed E-state index contributed by atoms with van der Waals surface area (Å²) in [7, 11) is 0. The van der Waals surface area contributed by atoms with Crippen LogP contribution in [0.3, 0.4) is 0 Å². The van der Waals surface area contributed by atoms with Gasteiger partial charge in [-0.1, -0.05) is 23.2 Å². The van der Waals surface area contributed by atoms with Crippen LogP contribution in [-0.2, 0) is 0 Å². The van der Waals surface area contributed by atoms with Gasteiger partial charge in [-0.25, -0.2) is 9.66 Å². The van der Waals surface area contributed by atoms with E-state index < -0.39 is 0 Å². The first-order chi connectivity index (χ1) is 9.01. The Balaban J connectivity index is 2.39. The number of nitrogen functional groups attached to an aromatic ring is 1. The number of aromatic nitrogens is 2. The van der Waals surface area contributed by atoms with Gasteiger partial charge in [0.15, 0.2) is 0 Å². The molecule has 0 fully saturated rings. The standard InChI is InChI=1S/C12H9Cl2N5/c1-7-6-19(12(16)18-7)17-5-9-10(13)2-8(4-15)3-11(9)14/h2-3,5-6H,1H3,(H2,16,18). The lowest BCUT2D eigenvalue weighted by atomic mass is 10.1. The predicted octanol–water partition coefficient (Wildman–Crippen LogP) is 2.83. The van der Waals surface area contributed by atoms with Crippen molar-refractivity contribution >= 4 is 35.4 Å². The molecule has 1 aromatic heterocycles. The van der Waals surface area contributed by atoms with Crippen molar-refractivity contribution in [2.75, 3.05) is 5.73 Å². The fourth-order valence-corrected chi connectivity index (χ4v) is 2.07. The first-order valence-electron chi connectivity index (χ1n) is 5.26. The van der Waals surface area contributed by atoms with Crippen molar-refractivity contribution in [1.82, 2.24) is 9.66 Å². The zero-order valence-electron chi connectivity index (χ0n) is 9.93. The van der Waals surface area contributed by atoms with E-state index in [0.717, 1.165) is 5.69 Å².